The van der Waals surface area contributed by atoms with E-state index in [9.17, 15) is 4.79 Å². The van der Waals surface area contributed by atoms with Crippen LogP contribution in [0.3, 0.4) is 0 Å². The molecular formula is C29H32N2O3. The molecule has 2 N–H and O–H groups in total. The van der Waals surface area contributed by atoms with Gasteiger partial charge in [-0.1, -0.05) is 66.7 Å². The summed E-state index contributed by atoms with van der Waals surface area (Å²) in [6, 6.07) is 26.5. The molecule has 0 bridgehead atoms. The number of methoxy groups -OCH3 is 1. The van der Waals surface area contributed by atoms with Crippen molar-refractivity contribution in [2.24, 2.45) is 0 Å². The second kappa shape index (κ2) is 12.1. The van der Waals surface area contributed by atoms with Crippen LogP contribution < -0.4 is 15.4 Å². The fraction of sp³-hybridized carbons (Fsp3) is 0.276. The van der Waals surface area contributed by atoms with E-state index in [2.05, 4.69) is 47.0 Å². The minimum Gasteiger partial charge on any atom is -0.493 e. The first-order valence-corrected chi connectivity index (χ1v) is 11.9. The Labute approximate surface area is 201 Å². The highest BCUT2D eigenvalue weighted by Crippen LogP contribution is 2.31. The molecule has 4 rings (SSSR count). The Kier molecular flexibility index (Phi) is 8.36. The smallest absolute Gasteiger partial charge is 0.287 e. The van der Waals surface area contributed by atoms with Gasteiger partial charge < -0.3 is 19.8 Å². The summed E-state index contributed by atoms with van der Waals surface area (Å²) in [4.78, 5) is 12.7. The normalized spacial score (nSPS) is 11.0. The van der Waals surface area contributed by atoms with Crippen molar-refractivity contribution >= 4 is 16.9 Å². The molecule has 3 aromatic carbocycles. The number of carbonyl (C=O) groups excluding carboxylic acids is 1. The largest absolute Gasteiger partial charge is 0.493 e. The van der Waals surface area contributed by atoms with Gasteiger partial charge in [0.25, 0.3) is 5.91 Å². The third kappa shape index (κ3) is 6.27. The predicted octanol–water partition coefficient (Wildman–Crippen LogP) is 5.53. The molecule has 1 aromatic heterocycles. The third-order valence-electron chi connectivity index (χ3n) is 5.93. The number of nitrogens with one attached hydrogen (secondary N) is 2. The summed E-state index contributed by atoms with van der Waals surface area (Å²) in [6.07, 6.45) is 3.91. The van der Waals surface area contributed by atoms with E-state index < -0.39 is 0 Å². The van der Waals surface area contributed by atoms with Gasteiger partial charge in [0.15, 0.2) is 17.1 Å². The van der Waals surface area contributed by atoms with Gasteiger partial charge in [-0.05, 0) is 61.1 Å². The minimum absolute atomic E-state index is 0.201. The molecule has 0 fully saturated rings. The Morgan fingerprint density at radius 2 is 1.50 bits per heavy atom. The van der Waals surface area contributed by atoms with Crippen molar-refractivity contribution in [1.82, 2.24) is 10.6 Å². The Hall–Kier alpha value is -3.57. The molecular weight excluding hydrogens is 424 g/mol. The maximum atomic E-state index is 12.7. The monoisotopic (exact) mass is 456 g/mol. The number of benzene rings is 3. The average Bonchev–Trinajstić information content (AvgIpc) is 3.34. The lowest BCUT2D eigenvalue weighted by Crippen LogP contribution is -2.24. The summed E-state index contributed by atoms with van der Waals surface area (Å²) >= 11 is 0. The molecule has 1 heterocycles. The topological polar surface area (TPSA) is 63.5 Å². The Balaban J connectivity index is 1.33. The Morgan fingerprint density at radius 3 is 2.15 bits per heavy atom. The number of hydrogen-bond donors (Lipinski definition) is 2. The molecule has 0 saturated heterocycles. The first-order chi connectivity index (χ1) is 16.7. The summed E-state index contributed by atoms with van der Waals surface area (Å²) in [5.41, 5.74) is 4.32. The molecule has 1 amide bonds. The van der Waals surface area contributed by atoms with Crippen LogP contribution in [-0.2, 0) is 19.4 Å². The van der Waals surface area contributed by atoms with Crippen LogP contribution >= 0.6 is 0 Å². The highest BCUT2D eigenvalue weighted by molar-refractivity contribution is 5.98. The van der Waals surface area contributed by atoms with Gasteiger partial charge in [0.2, 0.25) is 0 Å². The fourth-order valence-corrected chi connectivity index (χ4v) is 4.09. The number of furan rings is 1. The van der Waals surface area contributed by atoms with E-state index in [-0.39, 0.29) is 5.91 Å². The summed E-state index contributed by atoms with van der Waals surface area (Å²) in [5.74, 6) is 0.739. The van der Waals surface area contributed by atoms with Crippen molar-refractivity contribution in [3.63, 3.8) is 0 Å². The standard InChI is InChI=1S/C29H32N2O3/c1-33-26-17-16-24(21-30-18-8-14-22-10-4-2-5-11-22)25-20-27(34-28(25)26)29(32)31-19-9-15-23-12-6-3-7-13-23/h2-7,10-13,16-17,20,30H,8-9,14-15,18-19,21H2,1H3,(H,31,32). The number of hydrogen-bond acceptors (Lipinski definition) is 4. The lowest BCUT2D eigenvalue weighted by molar-refractivity contribution is 0.0927. The van der Waals surface area contributed by atoms with Crippen LogP contribution in [0.5, 0.6) is 5.75 Å². The first-order valence-electron chi connectivity index (χ1n) is 11.9. The lowest BCUT2D eigenvalue weighted by atomic mass is 10.1. The van der Waals surface area contributed by atoms with Gasteiger partial charge in [-0.2, -0.15) is 0 Å². The van der Waals surface area contributed by atoms with E-state index in [0.29, 0.717) is 30.2 Å². The van der Waals surface area contributed by atoms with Gasteiger partial charge in [-0.25, -0.2) is 0 Å². The Bertz CT molecular complexity index is 1190. The average molecular weight is 457 g/mol. The zero-order valence-corrected chi connectivity index (χ0v) is 19.7. The van der Waals surface area contributed by atoms with Crippen LogP contribution in [-0.4, -0.2) is 26.1 Å². The molecule has 34 heavy (non-hydrogen) atoms. The van der Waals surface area contributed by atoms with Crippen molar-refractivity contribution < 1.29 is 13.9 Å². The van der Waals surface area contributed by atoms with Crippen LogP contribution in [0.1, 0.15) is 40.1 Å². The van der Waals surface area contributed by atoms with E-state index in [0.717, 1.165) is 43.2 Å². The fourth-order valence-electron chi connectivity index (χ4n) is 4.09. The lowest BCUT2D eigenvalue weighted by Gasteiger charge is -2.08. The molecule has 0 aliphatic carbocycles. The number of rotatable bonds is 12. The van der Waals surface area contributed by atoms with Crippen LogP contribution in [0.4, 0.5) is 0 Å². The molecule has 0 radical (unpaired) electrons. The SMILES string of the molecule is COc1ccc(CNCCCc2ccccc2)c2cc(C(=O)NCCCc3ccccc3)oc12. The molecule has 5 heteroatoms. The summed E-state index contributed by atoms with van der Waals surface area (Å²) in [5, 5.41) is 7.39. The van der Waals surface area contributed by atoms with Gasteiger partial charge in [0, 0.05) is 18.5 Å². The second-order valence-electron chi connectivity index (χ2n) is 8.39. The molecule has 0 aliphatic rings. The summed E-state index contributed by atoms with van der Waals surface area (Å²) in [7, 11) is 1.61. The molecule has 0 saturated carbocycles. The van der Waals surface area contributed by atoms with Gasteiger partial charge in [0.1, 0.15) is 0 Å². The van der Waals surface area contributed by atoms with E-state index in [1.807, 2.05) is 42.5 Å². The summed E-state index contributed by atoms with van der Waals surface area (Å²) in [6.45, 7) is 2.21. The first kappa shape index (κ1) is 23.6. The van der Waals surface area contributed by atoms with Gasteiger partial charge in [-0.3, -0.25) is 4.79 Å². The third-order valence-corrected chi connectivity index (χ3v) is 5.93. The number of aryl methyl sites for hydroxylation is 2. The quantitative estimate of drug-likeness (QED) is 0.275. The maximum absolute atomic E-state index is 12.7. The van der Waals surface area contributed by atoms with Gasteiger partial charge >= 0.3 is 0 Å². The second-order valence-corrected chi connectivity index (χ2v) is 8.39. The minimum atomic E-state index is -0.201. The van der Waals surface area contributed by atoms with Crippen LogP contribution in [0, 0.1) is 0 Å². The van der Waals surface area contributed by atoms with Crippen molar-refractivity contribution in [3.8, 4) is 5.75 Å². The van der Waals surface area contributed by atoms with Crippen LogP contribution in [0.25, 0.3) is 11.0 Å². The number of ether oxygens (including phenoxy) is 1. The van der Waals surface area contributed by atoms with E-state index in [1.54, 1.807) is 7.11 Å². The zero-order chi connectivity index (χ0) is 23.6. The van der Waals surface area contributed by atoms with Gasteiger partial charge in [-0.15, -0.1) is 0 Å². The molecule has 0 unspecified atom stereocenters. The molecule has 5 nitrogen and oxygen atoms in total. The van der Waals surface area contributed by atoms with Crippen molar-refractivity contribution in [3.05, 3.63) is 101 Å². The highest BCUT2D eigenvalue weighted by atomic mass is 16.5. The van der Waals surface area contributed by atoms with E-state index >= 15 is 0 Å². The van der Waals surface area contributed by atoms with E-state index in [4.69, 9.17) is 9.15 Å². The molecule has 4 aromatic rings. The molecule has 176 valence electrons. The number of amides is 1. The van der Waals surface area contributed by atoms with Crippen molar-refractivity contribution in [1.29, 1.82) is 0 Å². The molecule has 0 atom stereocenters. The van der Waals surface area contributed by atoms with E-state index in [1.165, 1.54) is 11.1 Å². The molecule has 0 spiro atoms. The predicted molar refractivity (Wildman–Crippen MR) is 136 cm³/mol. The number of carbonyl (C=O) groups is 1. The van der Waals surface area contributed by atoms with Crippen molar-refractivity contribution in [2.75, 3.05) is 20.2 Å². The highest BCUT2D eigenvalue weighted by Gasteiger charge is 2.17. The van der Waals surface area contributed by atoms with Gasteiger partial charge in [0.05, 0.1) is 7.11 Å². The number of fused-ring (bicyclic) bond motifs is 1. The van der Waals surface area contributed by atoms with Crippen LogP contribution in [0.15, 0.2) is 83.3 Å². The van der Waals surface area contributed by atoms with Crippen molar-refractivity contribution in [2.45, 2.75) is 32.2 Å². The van der Waals surface area contributed by atoms with Crippen LogP contribution in [0.2, 0.25) is 0 Å². The Morgan fingerprint density at radius 1 is 0.853 bits per heavy atom. The summed E-state index contributed by atoms with van der Waals surface area (Å²) < 4.78 is 11.4. The molecule has 0 aliphatic heterocycles. The zero-order valence-electron chi connectivity index (χ0n) is 19.7. The maximum Gasteiger partial charge on any atom is 0.287 e.